The molecule has 5 nitrogen and oxygen atoms in total. The number of amides is 1. The van der Waals surface area contributed by atoms with Gasteiger partial charge in [-0.1, -0.05) is 42.5 Å². The normalized spacial score (nSPS) is 13.0. The van der Waals surface area contributed by atoms with Crippen LogP contribution >= 0.6 is 0 Å². The van der Waals surface area contributed by atoms with Crippen LogP contribution in [0, 0.1) is 0 Å². The van der Waals surface area contributed by atoms with Gasteiger partial charge >= 0.3 is 0 Å². The number of benzene rings is 3. The molecule has 5 rings (SSSR count). The fourth-order valence-electron chi connectivity index (χ4n) is 4.34. The SMILES string of the molecule is COc1ccc(OC)c(-c2cc(C(=O)N3CCc4ccccc4C3)c3ccccc3n2)c1. The third-order valence-electron chi connectivity index (χ3n) is 6.05. The molecule has 0 N–H and O–H groups in total. The summed E-state index contributed by atoms with van der Waals surface area (Å²) in [6.45, 7) is 1.31. The first kappa shape index (κ1) is 20.1. The van der Waals surface area contributed by atoms with E-state index in [1.807, 2.05) is 59.5 Å². The van der Waals surface area contributed by atoms with E-state index in [1.165, 1.54) is 11.1 Å². The van der Waals surface area contributed by atoms with Gasteiger partial charge in [-0.2, -0.15) is 0 Å². The number of hydrogen-bond acceptors (Lipinski definition) is 4. The molecule has 5 heteroatoms. The van der Waals surface area contributed by atoms with Crippen LogP contribution in [0.3, 0.4) is 0 Å². The Morgan fingerprint density at radius 3 is 2.50 bits per heavy atom. The lowest BCUT2D eigenvalue weighted by Crippen LogP contribution is -2.36. The van der Waals surface area contributed by atoms with Gasteiger partial charge < -0.3 is 14.4 Å². The number of methoxy groups -OCH3 is 2. The van der Waals surface area contributed by atoms with E-state index in [4.69, 9.17) is 14.5 Å². The van der Waals surface area contributed by atoms with Gasteiger partial charge in [-0.25, -0.2) is 4.98 Å². The standard InChI is InChI=1S/C27H24N2O3/c1-31-20-11-12-26(32-2)23(15-20)25-16-22(21-9-5-6-10-24(21)28-25)27(30)29-14-13-18-7-3-4-8-19(18)17-29/h3-12,15-16H,13-14,17H2,1-2H3. The van der Waals surface area contributed by atoms with Crippen molar-refractivity contribution in [1.29, 1.82) is 0 Å². The summed E-state index contributed by atoms with van der Waals surface area (Å²) in [5.74, 6) is 1.40. The Hall–Kier alpha value is -3.86. The molecule has 0 atom stereocenters. The first-order chi connectivity index (χ1) is 15.7. The molecule has 1 amide bonds. The zero-order chi connectivity index (χ0) is 22.1. The quantitative estimate of drug-likeness (QED) is 0.456. The Morgan fingerprint density at radius 1 is 0.906 bits per heavy atom. The number of rotatable bonds is 4. The minimum atomic E-state index is 0.0150. The molecular weight excluding hydrogens is 400 g/mol. The summed E-state index contributed by atoms with van der Waals surface area (Å²) in [5.41, 5.74) is 5.42. The smallest absolute Gasteiger partial charge is 0.254 e. The van der Waals surface area contributed by atoms with Crippen LogP contribution in [0.4, 0.5) is 0 Å². The van der Waals surface area contributed by atoms with E-state index in [-0.39, 0.29) is 5.91 Å². The number of aromatic nitrogens is 1. The van der Waals surface area contributed by atoms with Crippen LogP contribution < -0.4 is 9.47 Å². The number of carbonyl (C=O) groups excluding carboxylic acids is 1. The predicted octanol–water partition coefficient (Wildman–Crippen LogP) is 5.12. The van der Waals surface area contributed by atoms with Crippen molar-refractivity contribution in [3.05, 3.63) is 89.5 Å². The minimum absolute atomic E-state index is 0.0150. The number of hydrogen-bond donors (Lipinski definition) is 0. The molecule has 4 aromatic rings. The van der Waals surface area contributed by atoms with Crippen LogP contribution in [-0.4, -0.2) is 36.6 Å². The number of fused-ring (bicyclic) bond motifs is 2. The van der Waals surface area contributed by atoms with E-state index in [2.05, 4.69) is 18.2 Å². The molecule has 2 heterocycles. The first-order valence-electron chi connectivity index (χ1n) is 10.7. The molecule has 1 aliphatic rings. The summed E-state index contributed by atoms with van der Waals surface area (Å²) >= 11 is 0. The summed E-state index contributed by atoms with van der Waals surface area (Å²) in [6.07, 6.45) is 0.863. The molecule has 160 valence electrons. The predicted molar refractivity (Wildman–Crippen MR) is 125 cm³/mol. The summed E-state index contributed by atoms with van der Waals surface area (Å²) in [7, 11) is 3.26. The van der Waals surface area contributed by atoms with Gasteiger partial charge in [-0.3, -0.25) is 4.79 Å². The van der Waals surface area contributed by atoms with E-state index in [9.17, 15) is 4.79 Å². The molecule has 32 heavy (non-hydrogen) atoms. The molecule has 0 spiro atoms. The first-order valence-corrected chi connectivity index (χ1v) is 10.7. The van der Waals surface area contributed by atoms with Crippen LogP contribution in [-0.2, 0) is 13.0 Å². The minimum Gasteiger partial charge on any atom is -0.497 e. The third kappa shape index (κ3) is 3.56. The van der Waals surface area contributed by atoms with Crippen LogP contribution in [0.5, 0.6) is 11.5 Å². The molecule has 0 saturated carbocycles. The van der Waals surface area contributed by atoms with Gasteiger partial charge in [0, 0.05) is 24.0 Å². The van der Waals surface area contributed by atoms with Crippen molar-refractivity contribution in [2.75, 3.05) is 20.8 Å². The lowest BCUT2D eigenvalue weighted by Gasteiger charge is -2.29. The van der Waals surface area contributed by atoms with Crippen molar-refractivity contribution in [1.82, 2.24) is 9.88 Å². The summed E-state index contributed by atoms with van der Waals surface area (Å²) in [6, 6.07) is 23.6. The molecule has 0 fully saturated rings. The van der Waals surface area contributed by atoms with E-state index in [0.29, 0.717) is 35.8 Å². The fourth-order valence-corrected chi connectivity index (χ4v) is 4.34. The fraction of sp³-hybridized carbons (Fsp3) is 0.185. The van der Waals surface area contributed by atoms with Gasteiger partial charge in [0.15, 0.2) is 0 Å². The third-order valence-corrected chi connectivity index (χ3v) is 6.05. The second-order valence-electron chi connectivity index (χ2n) is 7.88. The molecule has 3 aromatic carbocycles. The van der Waals surface area contributed by atoms with Crippen LogP contribution in [0.1, 0.15) is 21.5 Å². The van der Waals surface area contributed by atoms with Crippen LogP contribution in [0.2, 0.25) is 0 Å². The zero-order valence-corrected chi connectivity index (χ0v) is 18.2. The maximum atomic E-state index is 13.7. The lowest BCUT2D eigenvalue weighted by atomic mass is 9.98. The maximum Gasteiger partial charge on any atom is 0.254 e. The Morgan fingerprint density at radius 2 is 1.69 bits per heavy atom. The Bertz CT molecular complexity index is 1320. The van der Waals surface area contributed by atoms with E-state index in [0.717, 1.165) is 22.9 Å². The summed E-state index contributed by atoms with van der Waals surface area (Å²) in [4.78, 5) is 20.5. The van der Waals surface area contributed by atoms with Gasteiger partial charge in [0.05, 0.1) is 31.0 Å². The molecule has 1 aliphatic heterocycles. The highest BCUT2D eigenvalue weighted by Gasteiger charge is 2.24. The molecule has 0 aliphatic carbocycles. The summed E-state index contributed by atoms with van der Waals surface area (Å²) < 4.78 is 11.0. The van der Waals surface area contributed by atoms with Gasteiger partial charge in [-0.15, -0.1) is 0 Å². The largest absolute Gasteiger partial charge is 0.497 e. The maximum absolute atomic E-state index is 13.7. The van der Waals surface area contributed by atoms with Crippen LogP contribution in [0.15, 0.2) is 72.8 Å². The number of nitrogens with zero attached hydrogens (tertiary/aromatic N) is 2. The average molecular weight is 425 g/mol. The van der Waals surface area contributed by atoms with Crippen molar-refractivity contribution in [3.8, 4) is 22.8 Å². The van der Waals surface area contributed by atoms with Gasteiger partial charge in [0.25, 0.3) is 5.91 Å². The monoisotopic (exact) mass is 424 g/mol. The number of ether oxygens (including phenoxy) is 2. The lowest BCUT2D eigenvalue weighted by molar-refractivity contribution is 0.0736. The Kier molecular flexibility index (Phi) is 5.23. The molecular formula is C27H24N2O3. The topological polar surface area (TPSA) is 51.7 Å². The molecule has 0 saturated heterocycles. The van der Waals surface area contributed by atoms with Gasteiger partial charge in [0.2, 0.25) is 0 Å². The molecule has 0 radical (unpaired) electrons. The molecule has 0 bridgehead atoms. The number of carbonyl (C=O) groups is 1. The Labute approximate surface area is 187 Å². The van der Waals surface area contributed by atoms with Crippen molar-refractivity contribution in [3.63, 3.8) is 0 Å². The van der Waals surface area contributed by atoms with E-state index >= 15 is 0 Å². The van der Waals surface area contributed by atoms with E-state index < -0.39 is 0 Å². The van der Waals surface area contributed by atoms with Crippen LogP contribution in [0.25, 0.3) is 22.2 Å². The number of para-hydroxylation sites is 1. The number of pyridine rings is 1. The van der Waals surface area contributed by atoms with Crippen molar-refractivity contribution in [2.45, 2.75) is 13.0 Å². The Balaban J connectivity index is 1.62. The zero-order valence-electron chi connectivity index (χ0n) is 18.2. The van der Waals surface area contributed by atoms with Gasteiger partial charge in [-0.05, 0) is 47.9 Å². The molecule has 0 unspecified atom stereocenters. The highest BCUT2D eigenvalue weighted by Crippen LogP contribution is 2.35. The second-order valence-corrected chi connectivity index (χ2v) is 7.88. The average Bonchev–Trinajstić information content (AvgIpc) is 2.86. The van der Waals surface area contributed by atoms with Crippen molar-refractivity contribution in [2.24, 2.45) is 0 Å². The summed E-state index contributed by atoms with van der Waals surface area (Å²) in [5, 5.41) is 0.849. The van der Waals surface area contributed by atoms with Gasteiger partial charge in [0.1, 0.15) is 11.5 Å². The highest BCUT2D eigenvalue weighted by atomic mass is 16.5. The van der Waals surface area contributed by atoms with Crippen molar-refractivity contribution >= 4 is 16.8 Å². The van der Waals surface area contributed by atoms with Crippen molar-refractivity contribution < 1.29 is 14.3 Å². The van der Waals surface area contributed by atoms with E-state index in [1.54, 1.807) is 14.2 Å². The highest BCUT2D eigenvalue weighted by molar-refractivity contribution is 6.07. The molecule has 1 aromatic heterocycles. The second kappa shape index (κ2) is 8.35.